The number of hydrogen-bond acceptors (Lipinski definition) is 4. The van der Waals surface area contributed by atoms with E-state index in [1.165, 1.54) is 25.1 Å². The predicted molar refractivity (Wildman–Crippen MR) is 67.1 cm³/mol. The Balaban J connectivity index is 3.38. The van der Waals surface area contributed by atoms with E-state index in [1.807, 2.05) is 0 Å². The Hall–Kier alpha value is -2.09. The average Bonchev–Trinajstić information content (AvgIpc) is 2.36. The number of carbonyl (C=O) groups excluding carboxylic acids is 2. The highest BCUT2D eigenvalue weighted by molar-refractivity contribution is 5.91. The lowest BCUT2D eigenvalue weighted by molar-refractivity contribution is -0.360. The zero-order valence-electron chi connectivity index (χ0n) is 11.3. The largest absolute Gasteiger partial charge is 0.460 e. The van der Waals surface area contributed by atoms with Gasteiger partial charge in [-0.05, 0) is 12.1 Å². The number of amides is 1. The monoisotopic (exact) mass is 305 g/mol. The van der Waals surface area contributed by atoms with Crippen LogP contribution in [0.3, 0.4) is 0 Å². The van der Waals surface area contributed by atoms with E-state index in [9.17, 15) is 27.9 Å². The summed E-state index contributed by atoms with van der Waals surface area (Å²) in [6.45, 7) is 2.25. The van der Waals surface area contributed by atoms with E-state index in [0.717, 1.165) is 13.0 Å². The molecule has 1 rings (SSSR count). The number of nitrogens with one attached hydrogen (secondary N) is 1. The Morgan fingerprint density at radius 1 is 1.29 bits per heavy atom. The fraction of sp³-hybridized carbons (Fsp3) is 0.385. The van der Waals surface area contributed by atoms with E-state index in [-0.39, 0.29) is 12.1 Å². The van der Waals surface area contributed by atoms with Gasteiger partial charge < -0.3 is 15.2 Å². The second kappa shape index (κ2) is 6.13. The predicted octanol–water partition coefficient (Wildman–Crippen LogP) is 2.31. The fourth-order valence-electron chi connectivity index (χ4n) is 1.60. The molecule has 0 aliphatic rings. The summed E-state index contributed by atoms with van der Waals surface area (Å²) in [4.78, 5) is 22.2. The fourth-order valence-corrected chi connectivity index (χ4v) is 1.60. The van der Waals surface area contributed by atoms with Crippen molar-refractivity contribution in [2.24, 2.45) is 0 Å². The third-order valence-corrected chi connectivity index (χ3v) is 2.56. The molecule has 2 N–H and O–H groups in total. The normalized spacial score (nSPS) is 14.2. The maximum absolute atomic E-state index is 13.1. The van der Waals surface area contributed by atoms with Crippen LogP contribution < -0.4 is 5.32 Å². The van der Waals surface area contributed by atoms with Gasteiger partial charge in [0.1, 0.15) is 0 Å². The van der Waals surface area contributed by atoms with Gasteiger partial charge in [0, 0.05) is 13.3 Å². The first-order valence-electron chi connectivity index (χ1n) is 6.00. The summed E-state index contributed by atoms with van der Waals surface area (Å²) in [6, 6.07) is 4.68. The molecule has 5 nitrogen and oxygen atoms in total. The molecule has 0 aliphatic carbocycles. The number of benzene rings is 1. The van der Waals surface area contributed by atoms with Gasteiger partial charge in [-0.25, -0.2) is 0 Å². The maximum atomic E-state index is 13.1. The van der Waals surface area contributed by atoms with Gasteiger partial charge in [0.25, 0.3) is 0 Å². The second-order valence-corrected chi connectivity index (χ2v) is 4.18. The molecule has 8 heteroatoms. The lowest BCUT2D eigenvalue weighted by atomic mass is 10.0. The molecular weight excluding hydrogens is 291 g/mol. The van der Waals surface area contributed by atoms with Crippen LogP contribution in [0.4, 0.5) is 18.9 Å². The number of para-hydroxylation sites is 1. The van der Waals surface area contributed by atoms with Gasteiger partial charge in [0.2, 0.25) is 5.91 Å². The van der Waals surface area contributed by atoms with Crippen LogP contribution >= 0.6 is 0 Å². The summed E-state index contributed by atoms with van der Waals surface area (Å²) >= 11 is 0. The lowest BCUT2D eigenvalue weighted by Gasteiger charge is -2.31. The topological polar surface area (TPSA) is 75.6 Å². The summed E-state index contributed by atoms with van der Waals surface area (Å²) in [7, 11) is 0. The van der Waals surface area contributed by atoms with Crippen molar-refractivity contribution in [3.63, 3.8) is 0 Å². The second-order valence-electron chi connectivity index (χ2n) is 4.18. The Kier molecular flexibility index (Phi) is 4.95. The third-order valence-electron chi connectivity index (χ3n) is 2.56. The van der Waals surface area contributed by atoms with E-state index in [2.05, 4.69) is 10.1 Å². The van der Waals surface area contributed by atoms with Crippen LogP contribution in [0.1, 0.15) is 25.8 Å². The molecule has 1 aromatic carbocycles. The SMILES string of the molecule is CCC(=O)Nc1ccccc1C(O)(OC(C)=O)C(F)(F)F. The van der Waals surface area contributed by atoms with Crippen LogP contribution in [-0.2, 0) is 20.1 Å². The van der Waals surface area contributed by atoms with Crippen molar-refractivity contribution < 1.29 is 32.6 Å². The summed E-state index contributed by atoms with van der Waals surface area (Å²) in [5, 5.41) is 12.1. The van der Waals surface area contributed by atoms with Gasteiger partial charge in [-0.15, -0.1) is 0 Å². The zero-order valence-corrected chi connectivity index (χ0v) is 11.3. The smallest absolute Gasteiger partial charge is 0.419 e. The minimum atomic E-state index is -5.27. The number of ether oxygens (including phenoxy) is 1. The third kappa shape index (κ3) is 3.72. The van der Waals surface area contributed by atoms with Crippen molar-refractivity contribution in [3.8, 4) is 0 Å². The number of anilines is 1. The molecular formula is C13H14F3NO4. The molecule has 0 heterocycles. The molecule has 0 saturated carbocycles. The summed E-state index contributed by atoms with van der Waals surface area (Å²) in [6.07, 6.45) is -5.24. The van der Waals surface area contributed by atoms with Crippen molar-refractivity contribution >= 4 is 17.6 Å². The van der Waals surface area contributed by atoms with Crippen molar-refractivity contribution in [1.29, 1.82) is 0 Å². The number of hydrogen-bond donors (Lipinski definition) is 2. The molecule has 0 radical (unpaired) electrons. The van der Waals surface area contributed by atoms with Crippen molar-refractivity contribution in [3.05, 3.63) is 29.8 Å². The number of alkyl halides is 3. The van der Waals surface area contributed by atoms with Crippen LogP contribution in [-0.4, -0.2) is 23.2 Å². The first-order valence-corrected chi connectivity index (χ1v) is 6.00. The number of halogens is 3. The molecule has 21 heavy (non-hydrogen) atoms. The first-order chi connectivity index (χ1) is 9.61. The quantitative estimate of drug-likeness (QED) is 0.661. The van der Waals surface area contributed by atoms with Crippen LogP contribution in [0.25, 0.3) is 0 Å². The van der Waals surface area contributed by atoms with Gasteiger partial charge in [-0.2, -0.15) is 13.2 Å². The van der Waals surface area contributed by atoms with Crippen LogP contribution in [0.15, 0.2) is 24.3 Å². The van der Waals surface area contributed by atoms with Gasteiger partial charge >= 0.3 is 17.9 Å². The van der Waals surface area contributed by atoms with Crippen LogP contribution in [0, 0.1) is 0 Å². The Morgan fingerprint density at radius 3 is 2.33 bits per heavy atom. The molecule has 0 saturated heterocycles. The van der Waals surface area contributed by atoms with Gasteiger partial charge in [0.15, 0.2) is 0 Å². The van der Waals surface area contributed by atoms with Gasteiger partial charge in [-0.1, -0.05) is 19.1 Å². The highest BCUT2D eigenvalue weighted by atomic mass is 19.4. The highest BCUT2D eigenvalue weighted by Crippen LogP contribution is 2.42. The molecule has 1 unspecified atom stereocenters. The van der Waals surface area contributed by atoms with Gasteiger partial charge in [0.05, 0.1) is 11.3 Å². The Bertz CT molecular complexity index is 544. The summed E-state index contributed by atoms with van der Waals surface area (Å²) < 4.78 is 43.4. The van der Waals surface area contributed by atoms with Crippen molar-refractivity contribution in [1.82, 2.24) is 0 Å². The molecule has 1 amide bonds. The molecule has 0 aliphatic heterocycles. The standard InChI is InChI=1S/C13H14F3NO4/c1-3-11(19)17-10-7-5-4-6-9(10)12(20,13(14,15)16)21-8(2)18/h4-7,20H,3H2,1-2H3,(H,17,19). The number of esters is 1. The minimum Gasteiger partial charge on any atom is -0.419 e. The van der Waals surface area contributed by atoms with E-state index in [4.69, 9.17) is 0 Å². The van der Waals surface area contributed by atoms with Crippen molar-refractivity contribution in [2.75, 3.05) is 5.32 Å². The zero-order chi connectivity index (χ0) is 16.3. The Labute approximate surface area is 118 Å². The molecule has 1 aromatic rings. The average molecular weight is 305 g/mol. The van der Waals surface area contributed by atoms with Gasteiger partial charge in [-0.3, -0.25) is 9.59 Å². The molecule has 116 valence electrons. The van der Waals surface area contributed by atoms with Crippen LogP contribution in [0.2, 0.25) is 0 Å². The lowest BCUT2D eigenvalue weighted by Crippen LogP contribution is -2.46. The maximum Gasteiger partial charge on any atom is 0.460 e. The van der Waals surface area contributed by atoms with Crippen molar-refractivity contribution in [2.45, 2.75) is 32.2 Å². The molecule has 0 aromatic heterocycles. The molecule has 0 bridgehead atoms. The highest BCUT2D eigenvalue weighted by Gasteiger charge is 2.59. The number of rotatable bonds is 4. The Morgan fingerprint density at radius 2 is 1.86 bits per heavy atom. The number of carbonyl (C=O) groups is 2. The minimum absolute atomic E-state index is 0.0341. The summed E-state index contributed by atoms with van der Waals surface area (Å²) in [5.74, 6) is -5.70. The van der Waals surface area contributed by atoms with E-state index < -0.39 is 29.4 Å². The number of aliphatic hydroxyl groups is 1. The molecule has 0 fully saturated rings. The van der Waals surface area contributed by atoms with E-state index >= 15 is 0 Å². The summed E-state index contributed by atoms with van der Waals surface area (Å²) in [5.41, 5.74) is -1.06. The molecule has 0 spiro atoms. The van der Waals surface area contributed by atoms with E-state index in [1.54, 1.807) is 0 Å². The van der Waals surface area contributed by atoms with Crippen LogP contribution in [0.5, 0.6) is 0 Å². The van der Waals surface area contributed by atoms with E-state index in [0.29, 0.717) is 0 Å². The first kappa shape index (κ1) is 17.0. The molecule has 1 atom stereocenters.